The molecule has 0 aliphatic carbocycles. The van der Waals surface area contributed by atoms with Crippen LogP contribution in [0.1, 0.15) is 57.1 Å². The SMILES string of the molecule is CCCCCCCN(CCc1ccc(CC(OCC)C(=O)OC)cc1)C(=O)N(C)c1ccccc1. The van der Waals surface area contributed by atoms with Crippen LogP contribution in [0.5, 0.6) is 0 Å². The van der Waals surface area contributed by atoms with Crippen molar-refractivity contribution in [3.63, 3.8) is 0 Å². The molecule has 1 unspecified atom stereocenters. The number of carbonyl (C=O) groups is 2. The second-order valence-corrected chi connectivity index (χ2v) is 8.82. The van der Waals surface area contributed by atoms with E-state index in [0.29, 0.717) is 19.6 Å². The first-order valence-corrected chi connectivity index (χ1v) is 12.8. The quantitative estimate of drug-likeness (QED) is 0.235. The van der Waals surface area contributed by atoms with E-state index < -0.39 is 6.10 Å². The van der Waals surface area contributed by atoms with Gasteiger partial charge in [-0.25, -0.2) is 9.59 Å². The predicted molar refractivity (Wildman–Crippen MR) is 142 cm³/mol. The molecule has 0 aliphatic rings. The number of methoxy groups -OCH3 is 1. The van der Waals surface area contributed by atoms with E-state index in [9.17, 15) is 9.59 Å². The van der Waals surface area contributed by atoms with Gasteiger partial charge in [-0.2, -0.15) is 0 Å². The number of hydrogen-bond donors (Lipinski definition) is 0. The Labute approximate surface area is 211 Å². The van der Waals surface area contributed by atoms with Gasteiger partial charge in [0, 0.05) is 38.9 Å². The molecule has 0 radical (unpaired) electrons. The summed E-state index contributed by atoms with van der Waals surface area (Å²) in [6.07, 6.45) is 6.47. The Morgan fingerprint density at radius 2 is 1.51 bits per heavy atom. The van der Waals surface area contributed by atoms with E-state index in [1.54, 1.807) is 4.90 Å². The molecule has 2 aromatic carbocycles. The third-order valence-corrected chi connectivity index (χ3v) is 6.18. The number of amides is 2. The summed E-state index contributed by atoms with van der Waals surface area (Å²) in [5.74, 6) is -0.355. The molecule has 0 aromatic heterocycles. The van der Waals surface area contributed by atoms with Crippen LogP contribution in [0.2, 0.25) is 0 Å². The van der Waals surface area contributed by atoms with Crippen LogP contribution in [0.4, 0.5) is 10.5 Å². The van der Waals surface area contributed by atoms with Gasteiger partial charge in [-0.1, -0.05) is 75.1 Å². The van der Waals surface area contributed by atoms with Gasteiger partial charge in [0.2, 0.25) is 0 Å². The van der Waals surface area contributed by atoms with E-state index in [4.69, 9.17) is 9.47 Å². The van der Waals surface area contributed by atoms with Gasteiger partial charge in [-0.3, -0.25) is 4.90 Å². The highest BCUT2D eigenvalue weighted by atomic mass is 16.6. The van der Waals surface area contributed by atoms with E-state index >= 15 is 0 Å². The van der Waals surface area contributed by atoms with Crippen LogP contribution in [-0.2, 0) is 27.1 Å². The zero-order chi connectivity index (χ0) is 25.5. The summed E-state index contributed by atoms with van der Waals surface area (Å²) in [6.45, 7) is 5.95. The number of rotatable bonds is 15. The van der Waals surface area contributed by atoms with Gasteiger partial charge >= 0.3 is 12.0 Å². The molecule has 0 fully saturated rings. The van der Waals surface area contributed by atoms with Gasteiger partial charge in [-0.05, 0) is 43.0 Å². The van der Waals surface area contributed by atoms with Gasteiger partial charge in [0.05, 0.1) is 7.11 Å². The average Bonchev–Trinajstić information content (AvgIpc) is 2.90. The molecular formula is C29H42N2O4. The van der Waals surface area contributed by atoms with Crippen molar-refractivity contribution in [1.29, 1.82) is 0 Å². The summed E-state index contributed by atoms with van der Waals surface area (Å²) in [4.78, 5) is 28.9. The maximum Gasteiger partial charge on any atom is 0.335 e. The van der Waals surface area contributed by atoms with Gasteiger partial charge < -0.3 is 14.4 Å². The topological polar surface area (TPSA) is 59.1 Å². The number of ether oxygens (including phenoxy) is 2. The summed E-state index contributed by atoms with van der Waals surface area (Å²) in [6, 6.07) is 18.0. The summed E-state index contributed by atoms with van der Waals surface area (Å²) in [5, 5.41) is 0. The lowest BCUT2D eigenvalue weighted by Gasteiger charge is -2.28. The second-order valence-electron chi connectivity index (χ2n) is 8.82. The molecule has 1 atom stereocenters. The molecule has 2 aromatic rings. The van der Waals surface area contributed by atoms with Crippen LogP contribution in [0.25, 0.3) is 0 Å². The van der Waals surface area contributed by atoms with Crippen molar-refractivity contribution in [2.75, 3.05) is 38.8 Å². The Bertz CT molecular complexity index is 870. The lowest BCUT2D eigenvalue weighted by atomic mass is 10.0. The first-order chi connectivity index (χ1) is 17.0. The lowest BCUT2D eigenvalue weighted by molar-refractivity contribution is -0.153. The smallest absolute Gasteiger partial charge is 0.335 e. The van der Waals surface area contributed by atoms with Crippen LogP contribution < -0.4 is 4.90 Å². The molecule has 0 N–H and O–H groups in total. The normalized spacial score (nSPS) is 11.7. The molecule has 0 aliphatic heterocycles. The van der Waals surface area contributed by atoms with Crippen LogP contribution >= 0.6 is 0 Å². The molecule has 6 nitrogen and oxygen atoms in total. The third kappa shape index (κ3) is 9.73. The molecule has 192 valence electrons. The maximum absolute atomic E-state index is 13.3. The fourth-order valence-electron chi connectivity index (χ4n) is 4.05. The number of unbranched alkanes of at least 4 members (excludes halogenated alkanes) is 4. The highest BCUT2D eigenvalue weighted by molar-refractivity contribution is 5.91. The van der Waals surface area contributed by atoms with Crippen molar-refractivity contribution in [1.82, 2.24) is 4.90 Å². The number of para-hydroxylation sites is 1. The summed E-state index contributed by atoms with van der Waals surface area (Å²) >= 11 is 0. The summed E-state index contributed by atoms with van der Waals surface area (Å²) in [5.41, 5.74) is 3.07. The first-order valence-electron chi connectivity index (χ1n) is 12.8. The van der Waals surface area contributed by atoms with Crippen LogP contribution in [0, 0.1) is 0 Å². The molecular weight excluding hydrogens is 440 g/mol. The maximum atomic E-state index is 13.3. The molecule has 35 heavy (non-hydrogen) atoms. The zero-order valence-electron chi connectivity index (χ0n) is 21.9. The third-order valence-electron chi connectivity index (χ3n) is 6.18. The highest BCUT2D eigenvalue weighted by Crippen LogP contribution is 2.16. The van der Waals surface area contributed by atoms with E-state index in [0.717, 1.165) is 42.6 Å². The molecule has 6 heteroatoms. The number of esters is 1. The Morgan fingerprint density at radius 1 is 0.857 bits per heavy atom. The Morgan fingerprint density at radius 3 is 2.14 bits per heavy atom. The average molecular weight is 483 g/mol. The Hall–Kier alpha value is -2.86. The van der Waals surface area contributed by atoms with Gasteiger partial charge in [0.25, 0.3) is 0 Å². The molecule has 0 spiro atoms. The van der Waals surface area contributed by atoms with Crippen molar-refractivity contribution in [3.05, 3.63) is 65.7 Å². The highest BCUT2D eigenvalue weighted by Gasteiger charge is 2.21. The van der Waals surface area contributed by atoms with Gasteiger partial charge in [0.15, 0.2) is 6.10 Å². The molecule has 0 heterocycles. The number of hydrogen-bond acceptors (Lipinski definition) is 4. The predicted octanol–water partition coefficient (Wildman–Crippen LogP) is 5.88. The van der Waals surface area contributed by atoms with Crippen LogP contribution in [0.3, 0.4) is 0 Å². The van der Waals surface area contributed by atoms with Gasteiger partial charge in [-0.15, -0.1) is 0 Å². The number of benzene rings is 2. The van der Waals surface area contributed by atoms with Crippen molar-refractivity contribution >= 4 is 17.7 Å². The Kier molecular flexibility index (Phi) is 12.9. The van der Waals surface area contributed by atoms with Gasteiger partial charge in [0.1, 0.15) is 0 Å². The van der Waals surface area contributed by atoms with E-state index in [1.165, 1.54) is 26.4 Å². The van der Waals surface area contributed by atoms with E-state index in [-0.39, 0.29) is 12.0 Å². The minimum atomic E-state index is -0.592. The fourth-order valence-corrected chi connectivity index (χ4v) is 4.05. The van der Waals surface area contributed by atoms with Crippen molar-refractivity contribution in [2.45, 2.75) is 64.9 Å². The van der Waals surface area contributed by atoms with Crippen molar-refractivity contribution in [3.8, 4) is 0 Å². The first kappa shape index (κ1) is 28.4. The summed E-state index contributed by atoms with van der Waals surface area (Å²) < 4.78 is 10.4. The number of anilines is 1. The fraction of sp³-hybridized carbons (Fsp3) is 0.517. The monoisotopic (exact) mass is 482 g/mol. The minimum absolute atomic E-state index is 0.0287. The summed E-state index contributed by atoms with van der Waals surface area (Å²) in [7, 11) is 3.22. The van der Waals surface area contributed by atoms with Crippen LogP contribution in [-0.4, -0.2) is 56.9 Å². The zero-order valence-corrected chi connectivity index (χ0v) is 21.9. The molecule has 0 saturated carbocycles. The second kappa shape index (κ2) is 15.9. The van der Waals surface area contributed by atoms with Crippen molar-refractivity contribution < 1.29 is 19.1 Å². The number of nitrogens with zero attached hydrogens (tertiary/aromatic N) is 2. The number of carbonyl (C=O) groups excluding carboxylic acids is 2. The molecule has 0 saturated heterocycles. The molecule has 2 amide bonds. The largest absolute Gasteiger partial charge is 0.467 e. The van der Waals surface area contributed by atoms with Crippen LogP contribution in [0.15, 0.2) is 54.6 Å². The van der Waals surface area contributed by atoms with E-state index in [1.807, 2.05) is 61.3 Å². The number of urea groups is 1. The molecule has 2 rings (SSSR count). The van der Waals surface area contributed by atoms with Crippen molar-refractivity contribution in [2.24, 2.45) is 0 Å². The minimum Gasteiger partial charge on any atom is -0.467 e. The van der Waals surface area contributed by atoms with E-state index in [2.05, 4.69) is 19.1 Å². The lowest BCUT2D eigenvalue weighted by Crippen LogP contribution is -2.42. The standard InChI is InChI=1S/C29H42N2O4/c1-5-7-8-9-13-21-31(29(33)30(3)26-14-11-10-12-15-26)22-20-24-16-18-25(19-17-24)23-27(35-6-2)28(32)34-4/h10-12,14-19,27H,5-9,13,20-23H2,1-4H3. The Balaban J connectivity index is 2.00. The molecule has 0 bridgehead atoms.